The fraction of sp³-hybridized carbons (Fsp3) is 0.231. The van der Waals surface area contributed by atoms with Gasteiger partial charge in [0.05, 0.1) is 0 Å². The number of nitrogens with zero attached hydrogens (tertiary/aromatic N) is 1. The second-order valence-electron chi connectivity index (χ2n) is 3.64. The van der Waals surface area contributed by atoms with Gasteiger partial charge < -0.3 is 0 Å². The van der Waals surface area contributed by atoms with E-state index in [0.29, 0.717) is 0 Å². The smallest absolute Gasteiger partial charge is 0.143 e. The topological polar surface area (TPSA) is 30.0 Å². The molecule has 2 nitrogen and oxygen atoms in total. The molecule has 0 saturated carbocycles. The van der Waals surface area contributed by atoms with Crippen LogP contribution < -0.4 is 0 Å². The van der Waals surface area contributed by atoms with Crippen molar-refractivity contribution in [2.75, 3.05) is 0 Å². The van der Waals surface area contributed by atoms with Crippen molar-refractivity contribution in [1.29, 1.82) is 0 Å². The number of aldehydes is 1. The maximum absolute atomic E-state index is 10.4. The van der Waals surface area contributed by atoms with Crippen LogP contribution in [0.2, 0.25) is 0 Å². The molecular weight excluding hydrogens is 186 g/mol. The van der Waals surface area contributed by atoms with Gasteiger partial charge in [0.25, 0.3) is 0 Å². The van der Waals surface area contributed by atoms with Gasteiger partial charge >= 0.3 is 0 Å². The molecular formula is C13H13NO. The largest absolute Gasteiger partial charge is 0.299 e. The molecule has 1 heterocycles. The molecule has 0 bridgehead atoms. The van der Waals surface area contributed by atoms with Crippen molar-refractivity contribution in [2.24, 2.45) is 0 Å². The van der Waals surface area contributed by atoms with E-state index in [1.165, 1.54) is 5.57 Å². The Morgan fingerprint density at radius 1 is 1.33 bits per heavy atom. The minimum Gasteiger partial charge on any atom is -0.299 e. The van der Waals surface area contributed by atoms with Gasteiger partial charge in [-0.05, 0) is 48.1 Å². The summed E-state index contributed by atoms with van der Waals surface area (Å²) in [7, 11) is 0. The van der Waals surface area contributed by atoms with Crippen LogP contribution in [-0.2, 0) is 4.79 Å². The van der Waals surface area contributed by atoms with Gasteiger partial charge in [0.2, 0.25) is 0 Å². The number of carbonyl (C=O) groups excluding carboxylic acids is 1. The zero-order valence-corrected chi connectivity index (χ0v) is 8.52. The quantitative estimate of drug-likeness (QED) is 0.541. The highest BCUT2D eigenvalue weighted by Gasteiger charge is 2.08. The third-order valence-corrected chi connectivity index (χ3v) is 2.59. The Morgan fingerprint density at radius 2 is 2.27 bits per heavy atom. The third kappa shape index (κ3) is 2.40. The van der Waals surface area contributed by atoms with E-state index < -0.39 is 0 Å². The molecule has 15 heavy (non-hydrogen) atoms. The van der Waals surface area contributed by atoms with Crippen molar-refractivity contribution in [3.8, 4) is 0 Å². The molecule has 0 fully saturated rings. The zero-order chi connectivity index (χ0) is 10.5. The molecule has 0 atom stereocenters. The SMILES string of the molecule is O=C/C=C1/C=C(c2cccnc2)CCC1. The number of rotatable bonds is 2. The molecule has 1 aliphatic rings. The summed E-state index contributed by atoms with van der Waals surface area (Å²) in [6.07, 6.45) is 11.4. The number of hydrogen-bond acceptors (Lipinski definition) is 2. The first kappa shape index (κ1) is 9.84. The summed E-state index contributed by atoms with van der Waals surface area (Å²) in [5.41, 5.74) is 3.56. The van der Waals surface area contributed by atoms with E-state index in [0.717, 1.165) is 36.7 Å². The minimum absolute atomic E-state index is 0.859. The highest BCUT2D eigenvalue weighted by Crippen LogP contribution is 2.28. The Morgan fingerprint density at radius 3 is 3.00 bits per heavy atom. The Bertz CT molecular complexity index is 404. The summed E-state index contributed by atoms with van der Waals surface area (Å²) in [4.78, 5) is 14.5. The molecule has 2 heteroatoms. The summed E-state index contributed by atoms with van der Waals surface area (Å²) >= 11 is 0. The van der Waals surface area contributed by atoms with Crippen LogP contribution in [0.4, 0.5) is 0 Å². The molecule has 0 spiro atoms. The lowest BCUT2D eigenvalue weighted by molar-refractivity contribution is -0.104. The molecule has 76 valence electrons. The fourth-order valence-corrected chi connectivity index (χ4v) is 1.85. The van der Waals surface area contributed by atoms with E-state index in [-0.39, 0.29) is 0 Å². The van der Waals surface area contributed by atoms with Crippen LogP contribution in [0.15, 0.2) is 42.3 Å². The van der Waals surface area contributed by atoms with E-state index >= 15 is 0 Å². The predicted molar refractivity (Wildman–Crippen MR) is 60.2 cm³/mol. The van der Waals surface area contributed by atoms with Crippen molar-refractivity contribution >= 4 is 11.9 Å². The first-order valence-corrected chi connectivity index (χ1v) is 5.15. The molecule has 0 amide bonds. The van der Waals surface area contributed by atoms with E-state index in [2.05, 4.69) is 17.1 Å². The van der Waals surface area contributed by atoms with Crippen LogP contribution in [0.3, 0.4) is 0 Å². The van der Waals surface area contributed by atoms with Crippen LogP contribution in [0, 0.1) is 0 Å². The number of hydrogen-bond donors (Lipinski definition) is 0. The molecule has 0 radical (unpaired) electrons. The Kier molecular flexibility index (Phi) is 3.08. The van der Waals surface area contributed by atoms with Crippen molar-refractivity contribution in [1.82, 2.24) is 4.98 Å². The van der Waals surface area contributed by atoms with Crippen molar-refractivity contribution in [3.63, 3.8) is 0 Å². The van der Waals surface area contributed by atoms with Crippen LogP contribution in [0.5, 0.6) is 0 Å². The van der Waals surface area contributed by atoms with Crippen LogP contribution >= 0.6 is 0 Å². The highest BCUT2D eigenvalue weighted by molar-refractivity contribution is 5.73. The maximum Gasteiger partial charge on any atom is 0.143 e. The van der Waals surface area contributed by atoms with E-state index in [1.54, 1.807) is 12.3 Å². The molecule has 0 aliphatic heterocycles. The Hall–Kier alpha value is -1.70. The minimum atomic E-state index is 0.859. The first-order chi connectivity index (χ1) is 7.40. The lowest BCUT2D eigenvalue weighted by atomic mass is 9.91. The molecule has 2 rings (SSSR count). The number of pyridine rings is 1. The summed E-state index contributed by atoms with van der Waals surface area (Å²) < 4.78 is 0. The normalized spacial score (nSPS) is 18.7. The Balaban J connectivity index is 2.30. The van der Waals surface area contributed by atoms with Gasteiger partial charge in [-0.25, -0.2) is 0 Å². The van der Waals surface area contributed by atoms with Gasteiger partial charge in [0, 0.05) is 12.4 Å². The predicted octanol–water partition coefficient (Wildman–Crippen LogP) is 2.77. The van der Waals surface area contributed by atoms with Crippen LogP contribution in [0.1, 0.15) is 24.8 Å². The molecule has 1 aromatic rings. The lowest BCUT2D eigenvalue weighted by Crippen LogP contribution is -1.95. The van der Waals surface area contributed by atoms with Crippen molar-refractivity contribution < 1.29 is 4.79 Å². The van der Waals surface area contributed by atoms with Crippen molar-refractivity contribution in [3.05, 3.63) is 47.8 Å². The van der Waals surface area contributed by atoms with Gasteiger partial charge in [-0.2, -0.15) is 0 Å². The van der Waals surface area contributed by atoms with E-state index in [9.17, 15) is 4.79 Å². The molecule has 0 N–H and O–H groups in total. The Labute approximate surface area is 89.3 Å². The molecule has 0 aromatic carbocycles. The van der Waals surface area contributed by atoms with Gasteiger partial charge in [0.1, 0.15) is 6.29 Å². The standard InChI is InChI=1S/C13H13NO/c15-8-6-11-3-1-4-12(9-11)13-5-2-7-14-10-13/h2,5-10H,1,3-4H2/b11-6+. The van der Waals surface area contributed by atoms with Crippen LogP contribution in [0.25, 0.3) is 5.57 Å². The summed E-state index contributed by atoms with van der Waals surface area (Å²) in [6, 6.07) is 4.00. The van der Waals surface area contributed by atoms with Crippen LogP contribution in [-0.4, -0.2) is 11.3 Å². The summed E-state index contributed by atoms with van der Waals surface area (Å²) in [5.74, 6) is 0. The van der Waals surface area contributed by atoms with Gasteiger partial charge in [-0.1, -0.05) is 12.1 Å². The number of carbonyl (C=O) groups is 1. The average molecular weight is 199 g/mol. The average Bonchev–Trinajstić information content (AvgIpc) is 2.31. The first-order valence-electron chi connectivity index (χ1n) is 5.15. The maximum atomic E-state index is 10.4. The second-order valence-corrected chi connectivity index (χ2v) is 3.64. The third-order valence-electron chi connectivity index (χ3n) is 2.59. The monoisotopic (exact) mass is 199 g/mol. The second kappa shape index (κ2) is 4.69. The number of aromatic nitrogens is 1. The van der Waals surface area contributed by atoms with Gasteiger partial charge in [-0.3, -0.25) is 9.78 Å². The highest BCUT2D eigenvalue weighted by atomic mass is 16.1. The molecule has 0 saturated heterocycles. The summed E-state index contributed by atoms with van der Waals surface area (Å²) in [5, 5.41) is 0. The van der Waals surface area contributed by atoms with Crippen molar-refractivity contribution in [2.45, 2.75) is 19.3 Å². The number of allylic oxidation sites excluding steroid dienone is 4. The van der Waals surface area contributed by atoms with Gasteiger partial charge in [-0.15, -0.1) is 0 Å². The summed E-state index contributed by atoms with van der Waals surface area (Å²) in [6.45, 7) is 0. The lowest BCUT2D eigenvalue weighted by Gasteiger charge is -2.14. The zero-order valence-electron chi connectivity index (χ0n) is 8.52. The molecule has 1 aromatic heterocycles. The van der Waals surface area contributed by atoms with E-state index in [1.807, 2.05) is 12.3 Å². The fourth-order valence-electron chi connectivity index (χ4n) is 1.85. The van der Waals surface area contributed by atoms with E-state index in [4.69, 9.17) is 0 Å². The molecule has 1 aliphatic carbocycles. The molecule has 0 unspecified atom stereocenters. The van der Waals surface area contributed by atoms with Gasteiger partial charge in [0.15, 0.2) is 0 Å².